The Labute approximate surface area is 66.0 Å². The van der Waals surface area contributed by atoms with Crippen LogP contribution >= 0.6 is 0 Å². The fourth-order valence-corrected chi connectivity index (χ4v) is 1.25. The molecule has 0 aliphatic carbocycles. The van der Waals surface area contributed by atoms with E-state index in [0.717, 1.165) is 5.92 Å². The molecule has 0 rings (SSSR count). The summed E-state index contributed by atoms with van der Waals surface area (Å²) < 4.78 is 0. The molecule has 0 unspecified atom stereocenters. The van der Waals surface area contributed by atoms with Gasteiger partial charge in [-0.2, -0.15) is 0 Å². The van der Waals surface area contributed by atoms with Crippen LogP contribution in [0.3, 0.4) is 0 Å². The van der Waals surface area contributed by atoms with Gasteiger partial charge in [-0.15, -0.1) is 0 Å². The zero-order valence-electron chi connectivity index (χ0n) is 7.69. The van der Waals surface area contributed by atoms with Crippen LogP contribution in [0.15, 0.2) is 0 Å². The van der Waals surface area contributed by atoms with Crippen LogP contribution in [0.5, 0.6) is 0 Å². The topological polar surface area (TPSA) is 0 Å². The third kappa shape index (κ3) is 4.84. The van der Waals surface area contributed by atoms with Crippen molar-refractivity contribution >= 4 is 0 Å². The second-order valence-electron chi connectivity index (χ2n) is 2.96. The van der Waals surface area contributed by atoms with Crippen LogP contribution in [0.25, 0.3) is 0 Å². The van der Waals surface area contributed by atoms with Gasteiger partial charge in [-0.1, -0.05) is 46.5 Å². The third-order valence-electron chi connectivity index (χ3n) is 2.22. The van der Waals surface area contributed by atoms with Crippen molar-refractivity contribution in [2.45, 2.75) is 52.9 Å². The summed E-state index contributed by atoms with van der Waals surface area (Å²) in [5.41, 5.74) is 0. The highest BCUT2D eigenvalue weighted by Gasteiger charge is 2.01. The van der Waals surface area contributed by atoms with E-state index in [1.165, 1.54) is 32.1 Å². The monoisotopic (exact) mass is 141 g/mol. The highest BCUT2D eigenvalue weighted by atomic mass is 14.1. The minimum atomic E-state index is 0.975. The Morgan fingerprint density at radius 3 is 2.10 bits per heavy atom. The van der Waals surface area contributed by atoms with Crippen LogP contribution in [0, 0.1) is 12.3 Å². The number of unbranched alkanes of at least 4 members (excludes halogenated alkanes) is 2. The summed E-state index contributed by atoms with van der Waals surface area (Å²) in [6.45, 7) is 6.80. The zero-order valence-corrected chi connectivity index (χ0v) is 7.69. The molecule has 0 aliphatic heterocycles. The smallest absolute Gasteiger partial charge is 0.0388 e. The Bertz CT molecular complexity index is 53.1. The lowest BCUT2D eigenvalue weighted by atomic mass is 9.96. The minimum absolute atomic E-state index is 0.975. The van der Waals surface area contributed by atoms with Crippen LogP contribution in [0.2, 0.25) is 0 Å². The maximum atomic E-state index is 2.39. The standard InChI is InChI=1S/C10H21/c1-4-7-8-9-10(5-2)6-3/h7,10H,4-6,8-9H2,1-3H3. The first-order valence-electron chi connectivity index (χ1n) is 4.66. The van der Waals surface area contributed by atoms with E-state index in [1.54, 1.807) is 0 Å². The van der Waals surface area contributed by atoms with Crippen LogP contribution in [0.1, 0.15) is 52.9 Å². The fourth-order valence-electron chi connectivity index (χ4n) is 1.25. The van der Waals surface area contributed by atoms with Crippen molar-refractivity contribution in [1.82, 2.24) is 0 Å². The maximum Gasteiger partial charge on any atom is -0.0388 e. The Morgan fingerprint density at radius 1 is 1.10 bits per heavy atom. The first-order valence-corrected chi connectivity index (χ1v) is 4.66. The maximum absolute atomic E-state index is 2.39. The van der Waals surface area contributed by atoms with Crippen molar-refractivity contribution in [3.05, 3.63) is 6.42 Å². The van der Waals surface area contributed by atoms with E-state index in [9.17, 15) is 0 Å². The normalized spacial score (nSPS) is 10.8. The molecular weight excluding hydrogens is 120 g/mol. The van der Waals surface area contributed by atoms with Crippen molar-refractivity contribution < 1.29 is 0 Å². The van der Waals surface area contributed by atoms with Crippen molar-refractivity contribution in [3.8, 4) is 0 Å². The van der Waals surface area contributed by atoms with Gasteiger partial charge in [-0.25, -0.2) is 0 Å². The summed E-state index contributed by atoms with van der Waals surface area (Å²) >= 11 is 0. The summed E-state index contributed by atoms with van der Waals surface area (Å²) in [5, 5.41) is 0. The molecule has 0 aliphatic rings. The van der Waals surface area contributed by atoms with E-state index >= 15 is 0 Å². The third-order valence-corrected chi connectivity index (χ3v) is 2.22. The largest absolute Gasteiger partial charge is 0.0651 e. The molecule has 0 spiro atoms. The molecule has 0 heteroatoms. The highest BCUT2D eigenvalue weighted by molar-refractivity contribution is 4.64. The number of hydrogen-bond acceptors (Lipinski definition) is 0. The summed E-state index contributed by atoms with van der Waals surface area (Å²) in [5.74, 6) is 0.975. The van der Waals surface area contributed by atoms with Gasteiger partial charge >= 0.3 is 0 Å². The van der Waals surface area contributed by atoms with Crippen LogP contribution in [-0.2, 0) is 0 Å². The molecule has 0 nitrogen and oxygen atoms in total. The van der Waals surface area contributed by atoms with E-state index in [4.69, 9.17) is 0 Å². The van der Waals surface area contributed by atoms with Gasteiger partial charge in [0.25, 0.3) is 0 Å². The molecule has 0 saturated heterocycles. The van der Waals surface area contributed by atoms with E-state index in [-0.39, 0.29) is 0 Å². The van der Waals surface area contributed by atoms with Gasteiger partial charge in [0.05, 0.1) is 0 Å². The van der Waals surface area contributed by atoms with Gasteiger partial charge in [0.2, 0.25) is 0 Å². The summed E-state index contributed by atoms with van der Waals surface area (Å²) in [7, 11) is 0. The van der Waals surface area contributed by atoms with Crippen molar-refractivity contribution in [2.24, 2.45) is 5.92 Å². The molecule has 0 fully saturated rings. The van der Waals surface area contributed by atoms with Gasteiger partial charge in [0, 0.05) is 0 Å². The average Bonchev–Trinajstić information content (AvgIpc) is 1.99. The molecule has 0 amide bonds. The molecule has 0 heterocycles. The second kappa shape index (κ2) is 7.11. The van der Waals surface area contributed by atoms with Crippen LogP contribution in [0.4, 0.5) is 0 Å². The predicted molar refractivity (Wildman–Crippen MR) is 47.9 cm³/mol. The Kier molecular flexibility index (Phi) is 7.11. The van der Waals surface area contributed by atoms with Crippen molar-refractivity contribution in [1.29, 1.82) is 0 Å². The van der Waals surface area contributed by atoms with Gasteiger partial charge < -0.3 is 0 Å². The lowest BCUT2D eigenvalue weighted by molar-refractivity contribution is 0.452. The predicted octanol–water partition coefficient (Wildman–Crippen LogP) is 3.82. The zero-order chi connectivity index (χ0) is 7.82. The van der Waals surface area contributed by atoms with Gasteiger partial charge in [-0.3, -0.25) is 0 Å². The first-order chi connectivity index (χ1) is 4.85. The van der Waals surface area contributed by atoms with Crippen molar-refractivity contribution in [3.63, 3.8) is 0 Å². The number of hydrogen-bond donors (Lipinski definition) is 0. The minimum Gasteiger partial charge on any atom is -0.0651 e. The molecule has 0 N–H and O–H groups in total. The molecule has 0 aromatic heterocycles. The van der Waals surface area contributed by atoms with Gasteiger partial charge in [-0.05, 0) is 18.8 Å². The Hall–Kier alpha value is 0. The summed E-state index contributed by atoms with van der Waals surface area (Å²) in [4.78, 5) is 0. The van der Waals surface area contributed by atoms with E-state index < -0.39 is 0 Å². The molecule has 0 bridgehead atoms. The number of rotatable bonds is 6. The summed E-state index contributed by atoms with van der Waals surface area (Å²) in [6.07, 6.45) is 9.06. The SMILES string of the molecule is CC[CH]CCC(CC)CC. The Morgan fingerprint density at radius 2 is 1.70 bits per heavy atom. The molecule has 0 aromatic rings. The lowest BCUT2D eigenvalue weighted by Gasteiger charge is -2.10. The highest BCUT2D eigenvalue weighted by Crippen LogP contribution is 2.15. The van der Waals surface area contributed by atoms with Gasteiger partial charge in [0.1, 0.15) is 0 Å². The van der Waals surface area contributed by atoms with Crippen molar-refractivity contribution in [2.75, 3.05) is 0 Å². The van der Waals surface area contributed by atoms with Crippen LogP contribution in [-0.4, -0.2) is 0 Å². The van der Waals surface area contributed by atoms with Gasteiger partial charge in [0.15, 0.2) is 0 Å². The molecular formula is C10H21. The Balaban J connectivity index is 3.09. The molecule has 61 valence electrons. The fraction of sp³-hybridized carbons (Fsp3) is 0.900. The van der Waals surface area contributed by atoms with E-state index in [2.05, 4.69) is 27.2 Å². The van der Waals surface area contributed by atoms with E-state index in [0.29, 0.717) is 0 Å². The second-order valence-corrected chi connectivity index (χ2v) is 2.96. The molecule has 0 aromatic carbocycles. The lowest BCUT2D eigenvalue weighted by Crippen LogP contribution is -1.95. The average molecular weight is 141 g/mol. The summed E-state index contributed by atoms with van der Waals surface area (Å²) in [6, 6.07) is 0. The molecule has 0 saturated carbocycles. The molecule has 10 heavy (non-hydrogen) atoms. The van der Waals surface area contributed by atoms with E-state index in [1.807, 2.05) is 0 Å². The molecule has 1 radical (unpaired) electrons. The first kappa shape index (κ1) is 10.0. The molecule has 0 atom stereocenters. The van der Waals surface area contributed by atoms with Crippen LogP contribution < -0.4 is 0 Å². The quantitative estimate of drug-likeness (QED) is 0.493.